The molecule has 1 fully saturated rings. The van der Waals surface area contributed by atoms with Crippen molar-refractivity contribution in [2.24, 2.45) is 0 Å². The first kappa shape index (κ1) is 26.1. The van der Waals surface area contributed by atoms with Gasteiger partial charge in [-0.2, -0.15) is 0 Å². The van der Waals surface area contributed by atoms with E-state index >= 15 is 0 Å². The Morgan fingerprint density at radius 3 is 2.50 bits per heavy atom. The molecule has 4 nitrogen and oxygen atoms in total. The fourth-order valence-corrected chi connectivity index (χ4v) is 3.44. The highest BCUT2D eigenvalue weighted by Gasteiger charge is 2.15. The van der Waals surface area contributed by atoms with Gasteiger partial charge in [-0.1, -0.05) is 36.5 Å². The van der Waals surface area contributed by atoms with E-state index in [0.29, 0.717) is 22.3 Å². The van der Waals surface area contributed by atoms with E-state index in [4.69, 9.17) is 27.9 Å². The minimum absolute atomic E-state index is 0. The zero-order chi connectivity index (χ0) is 17.4. The Morgan fingerprint density at radius 1 is 1.19 bits per heavy atom. The third-order valence-electron chi connectivity index (χ3n) is 4.42. The molecule has 1 unspecified atom stereocenters. The van der Waals surface area contributed by atoms with Gasteiger partial charge >= 0.3 is 0 Å². The number of piperidine rings is 1. The van der Waals surface area contributed by atoms with Crippen LogP contribution in [-0.4, -0.2) is 66.9 Å². The normalized spacial score (nSPS) is 15.9. The molecular formula is C18H30Cl4N2O2. The van der Waals surface area contributed by atoms with Crippen molar-refractivity contribution in [3.8, 4) is 5.75 Å². The summed E-state index contributed by atoms with van der Waals surface area (Å²) in [7, 11) is 0. The van der Waals surface area contributed by atoms with E-state index in [-0.39, 0.29) is 31.4 Å². The van der Waals surface area contributed by atoms with Crippen LogP contribution in [0.3, 0.4) is 0 Å². The Balaban J connectivity index is 0.00000312. The SMILES string of the molecule is CCN(CCN1CCCCC1)CC(O)COc1ccc(Cl)cc1Cl.Cl.Cl. The number of halogens is 4. The third-order valence-corrected chi connectivity index (χ3v) is 4.95. The van der Waals surface area contributed by atoms with Gasteiger partial charge in [0.25, 0.3) is 0 Å². The predicted molar refractivity (Wildman–Crippen MR) is 115 cm³/mol. The monoisotopic (exact) mass is 446 g/mol. The number of ether oxygens (including phenoxy) is 1. The van der Waals surface area contributed by atoms with E-state index in [2.05, 4.69) is 16.7 Å². The molecule has 1 saturated heterocycles. The molecule has 1 aromatic rings. The minimum Gasteiger partial charge on any atom is -0.489 e. The van der Waals surface area contributed by atoms with Crippen molar-refractivity contribution in [2.75, 3.05) is 45.9 Å². The van der Waals surface area contributed by atoms with Crippen molar-refractivity contribution < 1.29 is 9.84 Å². The Morgan fingerprint density at radius 2 is 1.88 bits per heavy atom. The van der Waals surface area contributed by atoms with Gasteiger partial charge in [0, 0.05) is 24.7 Å². The molecule has 26 heavy (non-hydrogen) atoms. The fraction of sp³-hybridized carbons (Fsp3) is 0.667. The smallest absolute Gasteiger partial charge is 0.138 e. The van der Waals surface area contributed by atoms with E-state index in [9.17, 15) is 5.11 Å². The predicted octanol–water partition coefficient (Wildman–Crippen LogP) is 4.38. The van der Waals surface area contributed by atoms with Crippen LogP contribution in [0.15, 0.2) is 18.2 Å². The highest BCUT2D eigenvalue weighted by atomic mass is 35.5. The third kappa shape index (κ3) is 9.32. The molecule has 0 bridgehead atoms. The standard InChI is InChI=1S/C18H28Cl2N2O2.2ClH/c1-2-21(10-11-22-8-4-3-5-9-22)13-16(23)14-24-18-7-6-15(19)12-17(18)20;;/h6-7,12,16,23H,2-5,8-11,13-14H2,1H3;2*1H. The van der Waals surface area contributed by atoms with Crippen LogP contribution in [0, 0.1) is 0 Å². The highest BCUT2D eigenvalue weighted by molar-refractivity contribution is 6.35. The number of rotatable bonds is 9. The van der Waals surface area contributed by atoms with Crippen molar-refractivity contribution in [3.63, 3.8) is 0 Å². The van der Waals surface area contributed by atoms with Crippen molar-refractivity contribution in [2.45, 2.75) is 32.3 Å². The number of likely N-dealkylation sites (tertiary alicyclic amines) is 1. The molecule has 1 aromatic carbocycles. The second kappa shape index (κ2) is 14.1. The zero-order valence-electron chi connectivity index (χ0n) is 15.2. The van der Waals surface area contributed by atoms with Crippen LogP contribution in [0.5, 0.6) is 5.75 Å². The zero-order valence-corrected chi connectivity index (χ0v) is 18.3. The van der Waals surface area contributed by atoms with Gasteiger partial charge in [0.05, 0.1) is 5.02 Å². The van der Waals surface area contributed by atoms with Gasteiger partial charge in [-0.25, -0.2) is 0 Å². The van der Waals surface area contributed by atoms with E-state index in [1.165, 1.54) is 32.4 Å². The molecule has 1 aliphatic heterocycles. The fourth-order valence-electron chi connectivity index (χ4n) is 2.97. The molecule has 0 aromatic heterocycles. The first-order valence-electron chi connectivity index (χ1n) is 8.79. The number of benzene rings is 1. The van der Waals surface area contributed by atoms with E-state index < -0.39 is 6.10 Å². The lowest BCUT2D eigenvalue weighted by molar-refractivity contribution is 0.0650. The summed E-state index contributed by atoms with van der Waals surface area (Å²) in [5.74, 6) is 0.552. The molecule has 0 spiro atoms. The minimum atomic E-state index is -0.543. The molecule has 1 aliphatic rings. The Kier molecular flexibility index (Phi) is 14.1. The number of aliphatic hydroxyl groups is 1. The first-order valence-corrected chi connectivity index (χ1v) is 9.54. The molecule has 1 atom stereocenters. The summed E-state index contributed by atoms with van der Waals surface area (Å²) in [6.07, 6.45) is 3.43. The maximum absolute atomic E-state index is 10.2. The first-order chi connectivity index (χ1) is 11.6. The second-order valence-corrected chi connectivity index (χ2v) is 7.18. The van der Waals surface area contributed by atoms with Crippen LogP contribution in [-0.2, 0) is 0 Å². The maximum Gasteiger partial charge on any atom is 0.138 e. The molecule has 1 heterocycles. The molecule has 0 amide bonds. The van der Waals surface area contributed by atoms with E-state index in [1.807, 2.05) is 0 Å². The highest BCUT2D eigenvalue weighted by Crippen LogP contribution is 2.27. The lowest BCUT2D eigenvalue weighted by atomic mass is 10.1. The maximum atomic E-state index is 10.2. The van der Waals surface area contributed by atoms with Gasteiger partial charge in [0.1, 0.15) is 18.5 Å². The van der Waals surface area contributed by atoms with Crippen molar-refractivity contribution in [1.82, 2.24) is 9.80 Å². The van der Waals surface area contributed by atoms with Crippen LogP contribution in [0.1, 0.15) is 26.2 Å². The second-order valence-electron chi connectivity index (χ2n) is 6.34. The number of hydrogen-bond acceptors (Lipinski definition) is 4. The number of likely N-dealkylation sites (N-methyl/N-ethyl adjacent to an activating group) is 1. The van der Waals surface area contributed by atoms with Crippen molar-refractivity contribution in [1.29, 1.82) is 0 Å². The summed E-state index contributed by atoms with van der Waals surface area (Å²) in [5, 5.41) is 11.3. The van der Waals surface area contributed by atoms with Crippen LogP contribution in [0.4, 0.5) is 0 Å². The van der Waals surface area contributed by atoms with Gasteiger partial charge in [-0.15, -0.1) is 24.8 Å². The van der Waals surface area contributed by atoms with Gasteiger partial charge < -0.3 is 14.7 Å². The van der Waals surface area contributed by atoms with E-state index in [0.717, 1.165) is 19.6 Å². The van der Waals surface area contributed by atoms with Crippen molar-refractivity contribution in [3.05, 3.63) is 28.2 Å². The van der Waals surface area contributed by atoms with E-state index in [1.54, 1.807) is 18.2 Å². The molecule has 8 heteroatoms. The van der Waals surface area contributed by atoms with Crippen molar-refractivity contribution >= 4 is 48.0 Å². The Bertz CT molecular complexity index is 502. The van der Waals surface area contributed by atoms with Crippen LogP contribution in [0.25, 0.3) is 0 Å². The average Bonchev–Trinajstić information content (AvgIpc) is 2.58. The summed E-state index contributed by atoms with van der Waals surface area (Å²) in [6, 6.07) is 5.10. The lowest BCUT2D eigenvalue weighted by Crippen LogP contribution is -2.41. The number of hydrogen-bond donors (Lipinski definition) is 1. The summed E-state index contributed by atoms with van der Waals surface area (Å²) in [5.41, 5.74) is 0. The molecule has 0 saturated carbocycles. The Labute approximate surface area is 179 Å². The summed E-state index contributed by atoms with van der Waals surface area (Å²) >= 11 is 11.9. The topological polar surface area (TPSA) is 35.9 Å². The van der Waals surface area contributed by atoms with Crippen LogP contribution >= 0.6 is 48.0 Å². The van der Waals surface area contributed by atoms with Gasteiger partial charge in [-0.05, 0) is 50.7 Å². The molecule has 152 valence electrons. The van der Waals surface area contributed by atoms with Gasteiger partial charge in [0.15, 0.2) is 0 Å². The quantitative estimate of drug-likeness (QED) is 0.609. The van der Waals surface area contributed by atoms with Gasteiger partial charge in [0.2, 0.25) is 0 Å². The van der Waals surface area contributed by atoms with Crippen LogP contribution in [0.2, 0.25) is 10.0 Å². The summed E-state index contributed by atoms with van der Waals surface area (Å²) in [6.45, 7) is 8.35. The molecular weight excluding hydrogens is 418 g/mol. The molecule has 1 N–H and O–H groups in total. The van der Waals surface area contributed by atoms with Crippen LogP contribution < -0.4 is 4.74 Å². The largest absolute Gasteiger partial charge is 0.489 e. The number of nitrogens with zero attached hydrogens (tertiary/aromatic N) is 2. The summed E-state index contributed by atoms with van der Waals surface area (Å²) in [4.78, 5) is 4.79. The average molecular weight is 448 g/mol. The Hall–Kier alpha value is 0.0600. The van der Waals surface area contributed by atoms with Gasteiger partial charge in [-0.3, -0.25) is 4.90 Å². The molecule has 0 radical (unpaired) electrons. The molecule has 0 aliphatic carbocycles. The number of aliphatic hydroxyl groups excluding tert-OH is 1. The summed E-state index contributed by atoms with van der Waals surface area (Å²) < 4.78 is 5.62. The molecule has 2 rings (SSSR count). The lowest BCUT2D eigenvalue weighted by Gasteiger charge is -2.30.